The smallest absolute Gasteiger partial charge is 0.228 e. The van der Waals surface area contributed by atoms with E-state index in [9.17, 15) is 9.59 Å². The number of carbonyl (C=O) groups excluding carboxylic acids is 2. The second-order valence-electron chi connectivity index (χ2n) is 6.89. The Hall–Kier alpha value is -3.22. The lowest BCUT2D eigenvalue weighted by molar-refractivity contribution is -0.122. The number of hydrogen-bond donors (Lipinski definition) is 2. The highest BCUT2D eigenvalue weighted by atomic mass is 16.5. The molecule has 0 bridgehead atoms. The molecule has 0 heterocycles. The predicted molar refractivity (Wildman–Crippen MR) is 111 cm³/mol. The Balaban J connectivity index is 1.61. The van der Waals surface area contributed by atoms with Crippen LogP contribution in [0.4, 0.5) is 11.4 Å². The van der Waals surface area contributed by atoms with Gasteiger partial charge >= 0.3 is 0 Å². The van der Waals surface area contributed by atoms with Crippen molar-refractivity contribution >= 4 is 23.2 Å². The van der Waals surface area contributed by atoms with Gasteiger partial charge in [-0.3, -0.25) is 9.59 Å². The van der Waals surface area contributed by atoms with Gasteiger partial charge in [0, 0.05) is 23.5 Å². The second kappa shape index (κ2) is 8.86. The molecule has 0 saturated heterocycles. The maximum atomic E-state index is 12.6. The van der Waals surface area contributed by atoms with Crippen LogP contribution < -0.4 is 24.8 Å². The summed E-state index contributed by atoms with van der Waals surface area (Å²) in [6.07, 6.45) is 1.47. The minimum Gasteiger partial charge on any atom is -0.493 e. The van der Waals surface area contributed by atoms with Gasteiger partial charge in [-0.2, -0.15) is 0 Å². The molecule has 1 aliphatic carbocycles. The zero-order valence-corrected chi connectivity index (χ0v) is 17.1. The van der Waals surface area contributed by atoms with Crippen LogP contribution in [0.5, 0.6) is 17.2 Å². The number of anilines is 2. The molecule has 0 aliphatic heterocycles. The molecule has 2 aromatic carbocycles. The Morgan fingerprint density at radius 3 is 1.83 bits per heavy atom. The molecule has 7 nitrogen and oxygen atoms in total. The fourth-order valence-electron chi connectivity index (χ4n) is 3.22. The van der Waals surface area contributed by atoms with Crippen molar-refractivity contribution in [1.82, 2.24) is 0 Å². The van der Waals surface area contributed by atoms with Gasteiger partial charge in [-0.05, 0) is 30.5 Å². The third-order valence-corrected chi connectivity index (χ3v) is 5.03. The average molecular weight is 398 g/mol. The second-order valence-corrected chi connectivity index (χ2v) is 6.89. The van der Waals surface area contributed by atoms with E-state index in [0.29, 0.717) is 29.4 Å². The zero-order chi connectivity index (χ0) is 21.0. The predicted octanol–water partition coefficient (Wildman–Crippen LogP) is 3.49. The normalized spacial score (nSPS) is 17.2. The quantitative estimate of drug-likeness (QED) is 0.711. The Bertz CT molecular complexity index is 870. The first-order chi connectivity index (χ1) is 14.0. The number of amides is 2. The lowest BCUT2D eigenvalue weighted by Crippen LogP contribution is -2.20. The summed E-state index contributed by atoms with van der Waals surface area (Å²) in [5.74, 6) is 0.309. The summed E-state index contributed by atoms with van der Waals surface area (Å²) in [7, 11) is 4.54. The van der Waals surface area contributed by atoms with E-state index in [1.165, 1.54) is 26.9 Å². The fourth-order valence-corrected chi connectivity index (χ4v) is 3.22. The SMILES string of the molecule is CCc1ccc(NC(=O)C2CC2C(=O)Nc2cc(OC)c(OC)c(OC)c2)cc1. The highest BCUT2D eigenvalue weighted by molar-refractivity contribution is 6.03. The van der Waals surface area contributed by atoms with E-state index >= 15 is 0 Å². The molecule has 154 valence electrons. The summed E-state index contributed by atoms with van der Waals surface area (Å²) >= 11 is 0. The summed E-state index contributed by atoms with van der Waals surface area (Å²) in [6.45, 7) is 2.08. The number of aryl methyl sites for hydroxylation is 1. The molecule has 2 N–H and O–H groups in total. The number of rotatable bonds is 8. The van der Waals surface area contributed by atoms with Crippen LogP contribution in [0.3, 0.4) is 0 Å². The lowest BCUT2D eigenvalue weighted by atomic mass is 10.1. The van der Waals surface area contributed by atoms with E-state index in [2.05, 4.69) is 17.6 Å². The van der Waals surface area contributed by atoms with Crippen molar-refractivity contribution in [2.75, 3.05) is 32.0 Å². The Morgan fingerprint density at radius 1 is 0.862 bits per heavy atom. The minimum atomic E-state index is -0.357. The van der Waals surface area contributed by atoms with Gasteiger partial charge in [-0.25, -0.2) is 0 Å². The van der Waals surface area contributed by atoms with Crippen LogP contribution in [0.15, 0.2) is 36.4 Å². The molecule has 0 radical (unpaired) electrons. The van der Waals surface area contributed by atoms with E-state index in [1.54, 1.807) is 12.1 Å². The molecule has 1 aliphatic rings. The molecule has 2 amide bonds. The first-order valence-electron chi connectivity index (χ1n) is 9.51. The van der Waals surface area contributed by atoms with Crippen molar-refractivity contribution in [3.05, 3.63) is 42.0 Å². The molecule has 29 heavy (non-hydrogen) atoms. The summed E-state index contributed by atoms with van der Waals surface area (Å²) in [5, 5.41) is 5.71. The number of benzene rings is 2. The van der Waals surface area contributed by atoms with Gasteiger partial charge in [0.15, 0.2) is 11.5 Å². The molecule has 3 rings (SSSR count). The van der Waals surface area contributed by atoms with Crippen LogP contribution in [0.1, 0.15) is 18.9 Å². The third kappa shape index (κ3) is 4.62. The number of nitrogens with one attached hydrogen (secondary N) is 2. The maximum Gasteiger partial charge on any atom is 0.228 e. The van der Waals surface area contributed by atoms with Crippen LogP contribution in [-0.4, -0.2) is 33.1 Å². The van der Waals surface area contributed by atoms with E-state index in [-0.39, 0.29) is 23.7 Å². The van der Waals surface area contributed by atoms with E-state index < -0.39 is 0 Å². The summed E-state index contributed by atoms with van der Waals surface area (Å²) in [6, 6.07) is 11.0. The van der Waals surface area contributed by atoms with Crippen molar-refractivity contribution in [2.24, 2.45) is 11.8 Å². The number of hydrogen-bond acceptors (Lipinski definition) is 5. The molecular formula is C22H26N2O5. The minimum absolute atomic E-state index is 0.140. The van der Waals surface area contributed by atoms with Gasteiger partial charge < -0.3 is 24.8 Å². The van der Waals surface area contributed by atoms with Gasteiger partial charge in [-0.1, -0.05) is 19.1 Å². The Morgan fingerprint density at radius 2 is 1.38 bits per heavy atom. The number of ether oxygens (including phenoxy) is 3. The van der Waals surface area contributed by atoms with Crippen molar-refractivity contribution in [1.29, 1.82) is 0 Å². The van der Waals surface area contributed by atoms with E-state index in [4.69, 9.17) is 14.2 Å². The van der Waals surface area contributed by atoms with E-state index in [1.807, 2.05) is 24.3 Å². The van der Waals surface area contributed by atoms with Crippen molar-refractivity contribution in [3.8, 4) is 17.2 Å². The largest absolute Gasteiger partial charge is 0.493 e. The van der Waals surface area contributed by atoms with Gasteiger partial charge in [0.25, 0.3) is 0 Å². The van der Waals surface area contributed by atoms with Crippen LogP contribution in [0.25, 0.3) is 0 Å². The summed E-state index contributed by atoms with van der Waals surface area (Å²) < 4.78 is 15.9. The van der Waals surface area contributed by atoms with Gasteiger partial charge in [0.1, 0.15) is 0 Å². The van der Waals surface area contributed by atoms with Crippen LogP contribution in [-0.2, 0) is 16.0 Å². The maximum absolute atomic E-state index is 12.6. The fraction of sp³-hybridized carbons (Fsp3) is 0.364. The standard InChI is InChI=1S/C22H26N2O5/c1-5-13-6-8-14(9-7-13)23-21(25)16-12-17(16)22(26)24-15-10-18(27-2)20(29-4)19(11-15)28-3/h6-11,16-17H,5,12H2,1-4H3,(H,23,25)(H,24,26). The molecule has 2 aromatic rings. The van der Waals surface area contributed by atoms with Gasteiger partial charge in [0.05, 0.1) is 33.2 Å². The van der Waals surface area contributed by atoms with E-state index in [0.717, 1.165) is 12.1 Å². The van der Waals surface area contributed by atoms with Crippen LogP contribution in [0.2, 0.25) is 0 Å². The molecule has 0 spiro atoms. The molecule has 2 atom stereocenters. The Kier molecular flexibility index (Phi) is 6.26. The monoisotopic (exact) mass is 398 g/mol. The van der Waals surface area contributed by atoms with Gasteiger partial charge in [0.2, 0.25) is 17.6 Å². The highest BCUT2D eigenvalue weighted by Gasteiger charge is 2.48. The number of methoxy groups -OCH3 is 3. The molecule has 2 unspecified atom stereocenters. The lowest BCUT2D eigenvalue weighted by Gasteiger charge is -2.14. The summed E-state index contributed by atoms with van der Waals surface area (Å²) in [4.78, 5) is 25.0. The van der Waals surface area contributed by atoms with Gasteiger partial charge in [-0.15, -0.1) is 0 Å². The first-order valence-corrected chi connectivity index (χ1v) is 9.51. The van der Waals surface area contributed by atoms with Crippen molar-refractivity contribution < 1.29 is 23.8 Å². The Labute approximate surface area is 170 Å². The molecule has 0 aromatic heterocycles. The topological polar surface area (TPSA) is 85.9 Å². The highest BCUT2D eigenvalue weighted by Crippen LogP contribution is 2.42. The van der Waals surface area contributed by atoms with Crippen LogP contribution >= 0.6 is 0 Å². The average Bonchev–Trinajstić information content (AvgIpc) is 3.54. The molecule has 1 saturated carbocycles. The third-order valence-electron chi connectivity index (χ3n) is 5.03. The van der Waals surface area contributed by atoms with Crippen LogP contribution in [0, 0.1) is 11.8 Å². The molecule has 7 heteroatoms. The molecular weight excluding hydrogens is 372 g/mol. The zero-order valence-electron chi connectivity index (χ0n) is 17.1. The van der Waals surface area contributed by atoms with Crippen molar-refractivity contribution in [3.63, 3.8) is 0 Å². The number of carbonyl (C=O) groups is 2. The summed E-state index contributed by atoms with van der Waals surface area (Å²) in [5.41, 5.74) is 2.46. The molecule has 1 fully saturated rings. The first kappa shape index (κ1) is 20.5. The van der Waals surface area contributed by atoms with Crippen molar-refractivity contribution in [2.45, 2.75) is 19.8 Å².